The van der Waals surface area contributed by atoms with Gasteiger partial charge in [-0.25, -0.2) is 0 Å². The minimum absolute atomic E-state index is 0.339. The lowest BCUT2D eigenvalue weighted by molar-refractivity contribution is 0.183. The Morgan fingerprint density at radius 1 is 1.22 bits per heavy atom. The molecule has 1 atom stereocenters. The van der Waals surface area contributed by atoms with Gasteiger partial charge in [0.25, 0.3) is 0 Å². The minimum Gasteiger partial charge on any atom is -0.302 e. The molecule has 1 aromatic carbocycles. The molecule has 0 aliphatic rings. The first-order valence-corrected chi connectivity index (χ1v) is 8.24. The first kappa shape index (κ1) is 16.2. The maximum atomic E-state index is 3.64. The van der Waals surface area contributed by atoms with Crippen molar-refractivity contribution in [2.45, 2.75) is 27.3 Å². The molecule has 0 aromatic heterocycles. The zero-order chi connectivity index (χ0) is 13.8. The Morgan fingerprint density at radius 3 is 2.33 bits per heavy atom. The number of hydrogen-bond acceptors (Lipinski definition) is 1. The van der Waals surface area contributed by atoms with Crippen molar-refractivity contribution in [3.05, 3.63) is 34.3 Å². The first-order chi connectivity index (χ1) is 8.34. The number of halogens is 2. The summed E-state index contributed by atoms with van der Waals surface area (Å²) in [6.45, 7) is 9.03. The molecule has 0 radical (unpaired) electrons. The van der Waals surface area contributed by atoms with E-state index in [4.69, 9.17) is 0 Å². The van der Waals surface area contributed by atoms with Crippen LogP contribution in [-0.4, -0.2) is 23.8 Å². The molecular weight excluding hydrogens is 354 g/mol. The van der Waals surface area contributed by atoms with Crippen LogP contribution >= 0.6 is 31.9 Å². The summed E-state index contributed by atoms with van der Waals surface area (Å²) in [4.78, 5) is 2.40. The van der Waals surface area contributed by atoms with Crippen LogP contribution in [0.4, 0.5) is 0 Å². The number of benzene rings is 1. The highest BCUT2D eigenvalue weighted by molar-refractivity contribution is 9.10. The highest BCUT2D eigenvalue weighted by atomic mass is 79.9. The van der Waals surface area contributed by atoms with Crippen molar-refractivity contribution in [3.8, 4) is 0 Å². The van der Waals surface area contributed by atoms with Gasteiger partial charge < -0.3 is 4.90 Å². The number of rotatable bonds is 5. The van der Waals surface area contributed by atoms with Crippen molar-refractivity contribution < 1.29 is 0 Å². The van der Waals surface area contributed by atoms with E-state index in [0.29, 0.717) is 11.3 Å². The van der Waals surface area contributed by atoms with E-state index >= 15 is 0 Å². The Hall–Kier alpha value is 0.140. The largest absolute Gasteiger partial charge is 0.302 e. The Bertz CT molecular complexity index is 371. The molecule has 0 heterocycles. The van der Waals surface area contributed by atoms with Gasteiger partial charge in [-0.2, -0.15) is 0 Å². The molecule has 0 saturated carbocycles. The summed E-state index contributed by atoms with van der Waals surface area (Å²) in [6, 6.07) is 8.44. The SMILES string of the molecule is CN(Cc1ccccc1Br)CC(CBr)C(C)(C)C. The third-order valence-electron chi connectivity index (χ3n) is 3.34. The normalized spacial score (nSPS) is 13.9. The predicted molar refractivity (Wildman–Crippen MR) is 87.2 cm³/mol. The molecule has 0 saturated heterocycles. The molecular formula is C15H23Br2N. The van der Waals surface area contributed by atoms with Gasteiger partial charge in [-0.15, -0.1) is 0 Å². The smallest absolute Gasteiger partial charge is 0.0242 e. The van der Waals surface area contributed by atoms with Crippen molar-refractivity contribution >= 4 is 31.9 Å². The van der Waals surface area contributed by atoms with E-state index in [2.05, 4.69) is 88.8 Å². The Morgan fingerprint density at radius 2 is 1.83 bits per heavy atom. The maximum absolute atomic E-state index is 3.64. The van der Waals surface area contributed by atoms with Crippen molar-refractivity contribution in [1.29, 1.82) is 0 Å². The van der Waals surface area contributed by atoms with Gasteiger partial charge in [-0.05, 0) is 30.0 Å². The first-order valence-electron chi connectivity index (χ1n) is 6.32. The van der Waals surface area contributed by atoms with Crippen LogP contribution < -0.4 is 0 Å². The fourth-order valence-corrected chi connectivity index (χ4v) is 3.50. The highest BCUT2D eigenvalue weighted by Gasteiger charge is 2.24. The van der Waals surface area contributed by atoms with Crippen LogP contribution in [0.2, 0.25) is 0 Å². The third-order valence-corrected chi connectivity index (χ3v) is 4.90. The predicted octanol–water partition coefficient (Wildman–Crippen LogP) is 4.94. The van der Waals surface area contributed by atoms with Crippen molar-refractivity contribution in [3.63, 3.8) is 0 Å². The summed E-state index contributed by atoms with van der Waals surface area (Å²) in [5, 5.41) is 1.05. The fraction of sp³-hybridized carbons (Fsp3) is 0.600. The molecule has 0 aliphatic heterocycles. The van der Waals surface area contributed by atoms with E-state index < -0.39 is 0 Å². The Balaban J connectivity index is 2.61. The van der Waals surface area contributed by atoms with Crippen molar-refractivity contribution in [2.75, 3.05) is 18.9 Å². The van der Waals surface area contributed by atoms with Gasteiger partial charge in [0, 0.05) is 22.9 Å². The summed E-state index contributed by atoms with van der Waals surface area (Å²) < 4.78 is 1.20. The van der Waals surface area contributed by atoms with E-state index in [-0.39, 0.29) is 0 Å². The zero-order valence-electron chi connectivity index (χ0n) is 11.7. The highest BCUT2D eigenvalue weighted by Crippen LogP contribution is 2.28. The third kappa shape index (κ3) is 5.02. The van der Waals surface area contributed by atoms with Crippen molar-refractivity contribution in [1.82, 2.24) is 4.90 Å². The molecule has 1 rings (SSSR count). The van der Waals surface area contributed by atoms with E-state index in [1.807, 2.05) is 0 Å². The molecule has 1 unspecified atom stereocenters. The van der Waals surface area contributed by atoms with Gasteiger partial charge >= 0.3 is 0 Å². The Labute approximate surface area is 128 Å². The molecule has 0 bridgehead atoms. The van der Waals surface area contributed by atoms with E-state index in [1.54, 1.807) is 0 Å². The van der Waals surface area contributed by atoms with Crippen LogP contribution in [-0.2, 0) is 6.54 Å². The van der Waals surface area contributed by atoms with Gasteiger partial charge in [-0.1, -0.05) is 70.8 Å². The molecule has 0 spiro atoms. The summed E-state index contributed by atoms with van der Waals surface area (Å²) in [6.07, 6.45) is 0. The van der Waals surface area contributed by atoms with Crippen LogP contribution in [0.25, 0.3) is 0 Å². The molecule has 0 fully saturated rings. The van der Waals surface area contributed by atoms with E-state index in [0.717, 1.165) is 18.4 Å². The second kappa shape index (κ2) is 7.06. The second-order valence-corrected chi connectivity index (χ2v) is 7.51. The summed E-state index contributed by atoms with van der Waals surface area (Å²) in [5.41, 5.74) is 1.69. The summed E-state index contributed by atoms with van der Waals surface area (Å²) >= 11 is 7.26. The quantitative estimate of drug-likeness (QED) is 0.658. The fourth-order valence-electron chi connectivity index (χ4n) is 1.91. The summed E-state index contributed by atoms with van der Waals surface area (Å²) in [5.74, 6) is 0.657. The maximum Gasteiger partial charge on any atom is 0.0242 e. The molecule has 1 aromatic rings. The number of nitrogens with zero attached hydrogens (tertiary/aromatic N) is 1. The molecule has 1 nitrogen and oxygen atoms in total. The average molecular weight is 377 g/mol. The minimum atomic E-state index is 0.339. The van der Waals surface area contributed by atoms with Crippen LogP contribution in [0.15, 0.2) is 28.7 Å². The van der Waals surface area contributed by atoms with Crippen molar-refractivity contribution in [2.24, 2.45) is 11.3 Å². The lowest BCUT2D eigenvalue weighted by atomic mass is 9.82. The summed E-state index contributed by atoms with van der Waals surface area (Å²) in [7, 11) is 2.20. The molecule has 0 aliphatic carbocycles. The Kier molecular flexibility index (Phi) is 6.36. The number of hydrogen-bond donors (Lipinski definition) is 0. The van der Waals surface area contributed by atoms with Crippen LogP contribution in [0.1, 0.15) is 26.3 Å². The molecule has 3 heteroatoms. The van der Waals surface area contributed by atoms with Gasteiger partial charge in [-0.3, -0.25) is 0 Å². The van der Waals surface area contributed by atoms with E-state index in [9.17, 15) is 0 Å². The monoisotopic (exact) mass is 375 g/mol. The van der Waals surface area contributed by atoms with Gasteiger partial charge in [0.1, 0.15) is 0 Å². The lowest BCUT2D eigenvalue weighted by Crippen LogP contribution is -2.34. The lowest BCUT2D eigenvalue weighted by Gasteiger charge is -2.33. The average Bonchev–Trinajstić information content (AvgIpc) is 2.27. The molecule has 18 heavy (non-hydrogen) atoms. The van der Waals surface area contributed by atoms with E-state index in [1.165, 1.54) is 10.0 Å². The molecule has 0 N–H and O–H groups in total. The second-order valence-electron chi connectivity index (χ2n) is 6.01. The van der Waals surface area contributed by atoms with Gasteiger partial charge in [0.15, 0.2) is 0 Å². The van der Waals surface area contributed by atoms with Crippen LogP contribution in [0.3, 0.4) is 0 Å². The van der Waals surface area contributed by atoms with Crippen LogP contribution in [0.5, 0.6) is 0 Å². The van der Waals surface area contributed by atoms with Gasteiger partial charge in [0.05, 0.1) is 0 Å². The molecule has 102 valence electrons. The zero-order valence-corrected chi connectivity index (χ0v) is 14.9. The number of alkyl halides is 1. The topological polar surface area (TPSA) is 3.24 Å². The standard InChI is InChI=1S/C15H23Br2N/c1-15(2,3)13(9-16)11-18(4)10-12-7-5-6-8-14(12)17/h5-8,13H,9-11H2,1-4H3. The van der Waals surface area contributed by atoms with Gasteiger partial charge in [0.2, 0.25) is 0 Å². The molecule has 0 amide bonds. The van der Waals surface area contributed by atoms with Crippen LogP contribution in [0, 0.1) is 11.3 Å².